The standard InChI is InChI=1S/C20H24N6O/c1-16-13-21-26(14-16)19-5-3-4-18(22-19)25-10-8-24(9-11-25)15-17-6-7-23(2)20(27)12-17/h3-7,12-14H,8-11,15H2,1-2H3. The van der Waals surface area contributed by atoms with Crippen molar-refractivity contribution in [1.29, 1.82) is 0 Å². The van der Waals surface area contributed by atoms with Crippen molar-refractivity contribution in [3.8, 4) is 5.82 Å². The molecule has 1 aliphatic rings. The first-order valence-corrected chi connectivity index (χ1v) is 9.20. The third kappa shape index (κ3) is 3.93. The summed E-state index contributed by atoms with van der Waals surface area (Å²) in [5.74, 6) is 1.82. The highest BCUT2D eigenvalue weighted by Gasteiger charge is 2.18. The topological polar surface area (TPSA) is 59.2 Å². The van der Waals surface area contributed by atoms with Crippen LogP contribution < -0.4 is 10.5 Å². The van der Waals surface area contributed by atoms with E-state index >= 15 is 0 Å². The van der Waals surface area contributed by atoms with Crippen LogP contribution >= 0.6 is 0 Å². The smallest absolute Gasteiger partial charge is 0.250 e. The molecule has 7 heteroatoms. The average molecular weight is 364 g/mol. The molecule has 4 heterocycles. The number of piperazine rings is 1. The number of pyridine rings is 2. The van der Waals surface area contributed by atoms with Gasteiger partial charge in [0.1, 0.15) is 5.82 Å². The number of aryl methyl sites for hydroxylation is 2. The summed E-state index contributed by atoms with van der Waals surface area (Å²) in [4.78, 5) is 21.3. The number of hydrogen-bond acceptors (Lipinski definition) is 5. The van der Waals surface area contributed by atoms with Crippen LogP contribution in [0.1, 0.15) is 11.1 Å². The maximum atomic E-state index is 11.8. The summed E-state index contributed by atoms with van der Waals surface area (Å²) in [5.41, 5.74) is 2.23. The van der Waals surface area contributed by atoms with Gasteiger partial charge in [-0.25, -0.2) is 9.67 Å². The summed E-state index contributed by atoms with van der Waals surface area (Å²) in [6, 6.07) is 9.80. The van der Waals surface area contributed by atoms with Crippen molar-refractivity contribution in [3.05, 3.63) is 70.4 Å². The first kappa shape index (κ1) is 17.5. The van der Waals surface area contributed by atoms with Crippen LogP contribution in [0.4, 0.5) is 5.82 Å². The summed E-state index contributed by atoms with van der Waals surface area (Å²) < 4.78 is 3.41. The van der Waals surface area contributed by atoms with Gasteiger partial charge in [-0.15, -0.1) is 0 Å². The van der Waals surface area contributed by atoms with Crippen LogP contribution in [-0.2, 0) is 13.6 Å². The molecule has 0 atom stereocenters. The fourth-order valence-electron chi connectivity index (χ4n) is 3.34. The molecule has 0 spiro atoms. The van der Waals surface area contributed by atoms with Gasteiger partial charge in [0.2, 0.25) is 0 Å². The SMILES string of the molecule is Cc1cnn(-c2cccc(N3CCN(Cc4ccn(C)c(=O)c4)CC3)n2)c1. The minimum absolute atomic E-state index is 0.0426. The molecule has 0 bridgehead atoms. The highest BCUT2D eigenvalue weighted by molar-refractivity contribution is 5.43. The fraction of sp³-hybridized carbons (Fsp3) is 0.350. The second kappa shape index (κ2) is 7.36. The lowest BCUT2D eigenvalue weighted by atomic mass is 10.2. The largest absolute Gasteiger partial charge is 0.354 e. The molecule has 7 nitrogen and oxygen atoms in total. The third-order valence-electron chi connectivity index (χ3n) is 4.94. The second-order valence-electron chi connectivity index (χ2n) is 7.06. The van der Waals surface area contributed by atoms with Gasteiger partial charge in [-0.05, 0) is 36.2 Å². The third-order valence-corrected chi connectivity index (χ3v) is 4.94. The van der Waals surface area contributed by atoms with E-state index in [9.17, 15) is 4.79 Å². The molecule has 3 aromatic rings. The highest BCUT2D eigenvalue weighted by atomic mass is 16.1. The Morgan fingerprint density at radius 1 is 1.07 bits per heavy atom. The molecule has 3 aromatic heterocycles. The number of hydrogen-bond donors (Lipinski definition) is 0. The quantitative estimate of drug-likeness (QED) is 0.704. The van der Waals surface area contributed by atoms with Crippen LogP contribution in [0, 0.1) is 6.92 Å². The summed E-state index contributed by atoms with van der Waals surface area (Å²) in [5, 5.41) is 4.34. The zero-order valence-electron chi connectivity index (χ0n) is 15.7. The average Bonchev–Trinajstić information content (AvgIpc) is 3.12. The lowest BCUT2D eigenvalue weighted by Gasteiger charge is -2.35. The van der Waals surface area contributed by atoms with Gasteiger partial charge in [0.15, 0.2) is 5.82 Å². The fourth-order valence-corrected chi connectivity index (χ4v) is 3.34. The van der Waals surface area contributed by atoms with E-state index in [0.717, 1.165) is 55.5 Å². The van der Waals surface area contributed by atoms with Gasteiger partial charge in [-0.1, -0.05) is 6.07 Å². The molecule has 1 fully saturated rings. The molecule has 0 radical (unpaired) electrons. The number of aromatic nitrogens is 4. The molecule has 1 saturated heterocycles. The van der Waals surface area contributed by atoms with E-state index in [4.69, 9.17) is 4.98 Å². The molecule has 4 rings (SSSR count). The molecule has 0 aliphatic carbocycles. The summed E-state index contributed by atoms with van der Waals surface area (Å²) in [7, 11) is 1.77. The molecule has 140 valence electrons. The molecular weight excluding hydrogens is 340 g/mol. The monoisotopic (exact) mass is 364 g/mol. The molecule has 0 aromatic carbocycles. The first-order valence-electron chi connectivity index (χ1n) is 9.20. The molecule has 0 saturated carbocycles. The van der Waals surface area contributed by atoms with Gasteiger partial charge in [0.25, 0.3) is 5.56 Å². The maximum Gasteiger partial charge on any atom is 0.250 e. The van der Waals surface area contributed by atoms with E-state index in [-0.39, 0.29) is 5.56 Å². The predicted octanol–water partition coefficient (Wildman–Crippen LogP) is 1.60. The van der Waals surface area contributed by atoms with Crippen molar-refractivity contribution in [2.75, 3.05) is 31.1 Å². The van der Waals surface area contributed by atoms with E-state index in [1.165, 1.54) is 0 Å². The minimum Gasteiger partial charge on any atom is -0.354 e. The van der Waals surface area contributed by atoms with Crippen molar-refractivity contribution in [3.63, 3.8) is 0 Å². The van der Waals surface area contributed by atoms with Crippen LogP contribution in [0.5, 0.6) is 0 Å². The van der Waals surface area contributed by atoms with Crippen LogP contribution in [0.3, 0.4) is 0 Å². The van der Waals surface area contributed by atoms with Gasteiger partial charge in [0, 0.05) is 58.2 Å². The molecule has 1 aliphatic heterocycles. The van der Waals surface area contributed by atoms with E-state index in [1.807, 2.05) is 48.4 Å². The van der Waals surface area contributed by atoms with E-state index in [0.29, 0.717) is 0 Å². The van der Waals surface area contributed by atoms with Crippen molar-refractivity contribution >= 4 is 5.82 Å². The number of anilines is 1. The lowest BCUT2D eigenvalue weighted by molar-refractivity contribution is 0.249. The molecule has 27 heavy (non-hydrogen) atoms. The Kier molecular flexibility index (Phi) is 4.77. The van der Waals surface area contributed by atoms with Gasteiger partial charge in [-0.2, -0.15) is 5.10 Å². The van der Waals surface area contributed by atoms with Crippen molar-refractivity contribution < 1.29 is 0 Å². The molecule has 0 amide bonds. The maximum absolute atomic E-state index is 11.8. The lowest BCUT2D eigenvalue weighted by Crippen LogP contribution is -2.46. The van der Waals surface area contributed by atoms with Crippen molar-refractivity contribution in [2.24, 2.45) is 7.05 Å². The zero-order chi connectivity index (χ0) is 18.8. The summed E-state index contributed by atoms with van der Waals surface area (Å²) in [6.07, 6.45) is 5.65. The molecule has 0 unspecified atom stereocenters. The Balaban J connectivity index is 1.40. The second-order valence-corrected chi connectivity index (χ2v) is 7.06. The Bertz CT molecular complexity index is 984. The Labute approximate surface area is 158 Å². The van der Waals surface area contributed by atoms with Crippen LogP contribution in [0.25, 0.3) is 5.82 Å². The van der Waals surface area contributed by atoms with Gasteiger partial charge in [-0.3, -0.25) is 9.69 Å². The van der Waals surface area contributed by atoms with E-state index in [2.05, 4.69) is 21.0 Å². The van der Waals surface area contributed by atoms with Crippen molar-refractivity contribution in [1.82, 2.24) is 24.2 Å². The predicted molar refractivity (Wildman–Crippen MR) is 105 cm³/mol. The summed E-state index contributed by atoms with van der Waals surface area (Å²) in [6.45, 7) is 6.56. The molecule has 0 N–H and O–H groups in total. The van der Waals surface area contributed by atoms with Crippen LogP contribution in [-0.4, -0.2) is 50.4 Å². The van der Waals surface area contributed by atoms with Crippen LogP contribution in [0.2, 0.25) is 0 Å². The molecular formula is C20H24N6O. The first-order chi connectivity index (χ1) is 13.1. The number of rotatable bonds is 4. The van der Waals surface area contributed by atoms with Gasteiger partial charge in [0.05, 0.1) is 6.20 Å². The number of nitrogens with zero attached hydrogens (tertiary/aromatic N) is 6. The minimum atomic E-state index is 0.0426. The Morgan fingerprint density at radius 3 is 2.56 bits per heavy atom. The Hall–Kier alpha value is -2.93. The highest BCUT2D eigenvalue weighted by Crippen LogP contribution is 2.17. The van der Waals surface area contributed by atoms with Crippen LogP contribution in [0.15, 0.2) is 53.7 Å². The van der Waals surface area contributed by atoms with Crippen molar-refractivity contribution in [2.45, 2.75) is 13.5 Å². The zero-order valence-corrected chi connectivity index (χ0v) is 15.7. The van der Waals surface area contributed by atoms with E-state index < -0.39 is 0 Å². The Morgan fingerprint density at radius 2 is 1.85 bits per heavy atom. The van der Waals surface area contributed by atoms with E-state index in [1.54, 1.807) is 17.7 Å². The van der Waals surface area contributed by atoms with Gasteiger partial charge < -0.3 is 9.47 Å². The van der Waals surface area contributed by atoms with Gasteiger partial charge >= 0.3 is 0 Å². The normalized spacial score (nSPS) is 15.3. The summed E-state index contributed by atoms with van der Waals surface area (Å²) >= 11 is 0.